The monoisotopic (exact) mass is 533 g/mol. The lowest BCUT2D eigenvalue weighted by Gasteiger charge is -2.51. The van der Waals surface area contributed by atoms with E-state index in [0.717, 1.165) is 36.5 Å². The van der Waals surface area contributed by atoms with Gasteiger partial charge in [-0.2, -0.15) is 0 Å². The number of carbonyl (C=O) groups is 2. The second-order valence-electron chi connectivity index (χ2n) is 10.4. The summed E-state index contributed by atoms with van der Waals surface area (Å²) in [5, 5.41) is 0. The van der Waals surface area contributed by atoms with Gasteiger partial charge in [0, 0.05) is 24.3 Å². The number of carbonyl (C=O) groups excluding carboxylic acids is 2. The number of rotatable bonds is 9. The van der Waals surface area contributed by atoms with Crippen LogP contribution in [0.15, 0.2) is 91.0 Å². The fourth-order valence-corrected chi connectivity index (χ4v) is 7.02. The van der Waals surface area contributed by atoms with E-state index in [-0.39, 0.29) is 17.8 Å². The molecular weight excluding hydrogens is 500 g/mol. The van der Waals surface area contributed by atoms with Gasteiger partial charge in [-0.05, 0) is 17.7 Å². The van der Waals surface area contributed by atoms with Gasteiger partial charge in [0.1, 0.15) is 13.1 Å². The summed E-state index contributed by atoms with van der Waals surface area (Å²) in [6.45, 7) is 2.67. The molecule has 0 amide bonds. The molecule has 8 heteroatoms. The molecule has 6 rings (SSSR count). The molecule has 2 atom stereocenters. The van der Waals surface area contributed by atoms with Gasteiger partial charge >= 0.3 is 5.97 Å². The standard InChI is InChI=1S/C30H33N2O5S/c1-38(35,36)31(26-15-9-4-10-16-26)29(25-13-7-3-8-14-25)30(34)37-28-22-32(19-17-24(28)18-20-32)21-27(33)23-11-5-2-6-12-23/h2-16,24,28-29H,17-22H2,1H3/q+1/t24?,28-,29?,32?/m0/s1. The lowest BCUT2D eigenvalue weighted by Crippen LogP contribution is -2.66. The van der Waals surface area contributed by atoms with Gasteiger partial charge < -0.3 is 9.22 Å². The number of ether oxygens (including phenoxy) is 1. The Morgan fingerprint density at radius 1 is 0.895 bits per heavy atom. The third-order valence-electron chi connectivity index (χ3n) is 7.82. The molecule has 3 aliphatic rings. The van der Waals surface area contributed by atoms with Crippen LogP contribution < -0.4 is 4.31 Å². The number of Topliss-reactive ketones (excluding diaryl/α,β-unsaturated/α-hetero) is 1. The Bertz CT molecular complexity index is 1370. The van der Waals surface area contributed by atoms with Crippen molar-refractivity contribution in [1.29, 1.82) is 0 Å². The van der Waals surface area contributed by atoms with Gasteiger partial charge in [-0.15, -0.1) is 0 Å². The lowest BCUT2D eigenvalue weighted by molar-refractivity contribution is -0.938. The number of piperidine rings is 3. The lowest BCUT2D eigenvalue weighted by atomic mass is 9.82. The van der Waals surface area contributed by atoms with Crippen molar-refractivity contribution in [1.82, 2.24) is 0 Å². The first kappa shape index (κ1) is 26.1. The number of anilines is 1. The second-order valence-corrected chi connectivity index (χ2v) is 12.3. The predicted molar refractivity (Wildman–Crippen MR) is 146 cm³/mol. The maximum Gasteiger partial charge on any atom is 0.335 e. The fraction of sp³-hybridized carbons (Fsp3) is 0.333. The van der Waals surface area contributed by atoms with Crippen molar-refractivity contribution in [2.45, 2.75) is 25.0 Å². The highest BCUT2D eigenvalue weighted by atomic mass is 32.2. The van der Waals surface area contributed by atoms with E-state index in [1.165, 1.54) is 0 Å². The van der Waals surface area contributed by atoms with Gasteiger partial charge in [-0.3, -0.25) is 9.10 Å². The fourth-order valence-electron chi connectivity index (χ4n) is 5.92. The number of esters is 1. The van der Waals surface area contributed by atoms with E-state index in [1.807, 2.05) is 36.4 Å². The topological polar surface area (TPSA) is 80.8 Å². The smallest absolute Gasteiger partial charge is 0.335 e. The van der Waals surface area contributed by atoms with Gasteiger partial charge in [0.15, 0.2) is 12.1 Å². The summed E-state index contributed by atoms with van der Waals surface area (Å²) in [7, 11) is -3.84. The molecule has 2 bridgehead atoms. The zero-order chi connectivity index (χ0) is 26.8. The molecule has 0 N–H and O–H groups in total. The third kappa shape index (κ3) is 5.51. The van der Waals surface area contributed by atoms with Crippen molar-refractivity contribution in [2.75, 3.05) is 36.7 Å². The Morgan fingerprint density at radius 3 is 2.03 bits per heavy atom. The number of hydrogen-bond acceptors (Lipinski definition) is 5. The van der Waals surface area contributed by atoms with Crippen LogP contribution in [0.5, 0.6) is 0 Å². The van der Waals surface area contributed by atoms with E-state index in [9.17, 15) is 18.0 Å². The van der Waals surface area contributed by atoms with Gasteiger partial charge in [0.05, 0.1) is 25.0 Å². The maximum atomic E-state index is 13.9. The average molecular weight is 534 g/mol. The molecule has 1 unspecified atom stereocenters. The van der Waals surface area contributed by atoms with Gasteiger partial charge in [-0.25, -0.2) is 13.2 Å². The Hall–Kier alpha value is -3.49. The molecule has 7 nitrogen and oxygen atoms in total. The molecule has 38 heavy (non-hydrogen) atoms. The molecule has 0 radical (unpaired) electrons. The number of para-hydroxylation sites is 1. The van der Waals surface area contributed by atoms with E-state index in [2.05, 4.69) is 0 Å². The summed E-state index contributed by atoms with van der Waals surface area (Å²) in [6.07, 6.45) is 2.46. The predicted octanol–water partition coefficient (Wildman–Crippen LogP) is 4.23. The van der Waals surface area contributed by atoms with E-state index >= 15 is 0 Å². The molecule has 3 fully saturated rings. The summed E-state index contributed by atoms with van der Waals surface area (Å²) in [4.78, 5) is 27.0. The number of fused-ring (bicyclic) bond motifs is 3. The highest BCUT2D eigenvalue weighted by Crippen LogP contribution is 2.38. The van der Waals surface area contributed by atoms with Crippen LogP contribution in [-0.2, 0) is 19.6 Å². The maximum absolute atomic E-state index is 13.9. The molecule has 3 aromatic rings. The summed E-state index contributed by atoms with van der Waals surface area (Å²) in [5.74, 6) is -0.312. The Kier molecular flexibility index (Phi) is 7.36. The quantitative estimate of drug-likeness (QED) is 0.234. The number of nitrogens with zero attached hydrogens (tertiary/aromatic N) is 2. The highest BCUT2D eigenvalue weighted by molar-refractivity contribution is 7.92. The molecule has 0 aromatic heterocycles. The van der Waals surface area contributed by atoms with E-state index in [1.54, 1.807) is 54.6 Å². The van der Waals surface area contributed by atoms with Crippen molar-refractivity contribution < 1.29 is 27.2 Å². The number of ketones is 1. The van der Waals surface area contributed by atoms with Crippen molar-refractivity contribution in [2.24, 2.45) is 5.92 Å². The SMILES string of the molecule is CS(=O)(=O)N(c1ccccc1)C(C(=O)O[C@H]1C[N+]2(CC(=O)c3ccccc3)CCC1CC2)c1ccccc1. The first-order valence-electron chi connectivity index (χ1n) is 13.0. The van der Waals surface area contributed by atoms with Crippen LogP contribution in [0.3, 0.4) is 0 Å². The van der Waals surface area contributed by atoms with Crippen LogP contribution >= 0.6 is 0 Å². The summed E-state index contributed by atoms with van der Waals surface area (Å²) in [6, 6.07) is 25.6. The first-order valence-corrected chi connectivity index (χ1v) is 14.8. The minimum atomic E-state index is -3.84. The average Bonchev–Trinajstić information content (AvgIpc) is 2.92. The zero-order valence-corrected chi connectivity index (χ0v) is 22.3. The second kappa shape index (κ2) is 10.7. The zero-order valence-electron chi connectivity index (χ0n) is 21.5. The van der Waals surface area contributed by atoms with Gasteiger partial charge in [0.25, 0.3) is 0 Å². The van der Waals surface area contributed by atoms with Crippen LogP contribution in [0.4, 0.5) is 5.69 Å². The summed E-state index contributed by atoms with van der Waals surface area (Å²) < 4.78 is 34.0. The summed E-state index contributed by atoms with van der Waals surface area (Å²) >= 11 is 0. The van der Waals surface area contributed by atoms with Crippen molar-refractivity contribution in [3.05, 3.63) is 102 Å². The minimum Gasteiger partial charge on any atom is -0.454 e. The molecule has 3 saturated heterocycles. The van der Waals surface area contributed by atoms with Gasteiger partial charge in [0.2, 0.25) is 15.8 Å². The largest absolute Gasteiger partial charge is 0.454 e. The third-order valence-corrected chi connectivity index (χ3v) is 8.96. The molecule has 3 heterocycles. The van der Waals surface area contributed by atoms with Crippen molar-refractivity contribution >= 4 is 27.5 Å². The summed E-state index contributed by atoms with van der Waals surface area (Å²) in [5.41, 5.74) is 1.62. The van der Waals surface area contributed by atoms with Crippen LogP contribution in [-0.4, -0.2) is 63.2 Å². The first-order chi connectivity index (χ1) is 18.3. The molecular formula is C30H33N2O5S+. The van der Waals surface area contributed by atoms with Gasteiger partial charge in [-0.1, -0.05) is 78.9 Å². The molecule has 0 saturated carbocycles. The highest BCUT2D eigenvalue weighted by Gasteiger charge is 2.49. The molecule has 3 aliphatic heterocycles. The molecule has 198 valence electrons. The normalized spacial score (nSPS) is 23.4. The van der Waals surface area contributed by atoms with Crippen LogP contribution in [0.1, 0.15) is 34.8 Å². The molecule has 0 spiro atoms. The van der Waals surface area contributed by atoms with Crippen LogP contribution in [0, 0.1) is 5.92 Å². The Labute approximate surface area is 224 Å². The molecule has 0 aliphatic carbocycles. The van der Waals surface area contributed by atoms with E-state index in [4.69, 9.17) is 4.74 Å². The number of benzene rings is 3. The van der Waals surface area contributed by atoms with Crippen molar-refractivity contribution in [3.8, 4) is 0 Å². The Morgan fingerprint density at radius 2 is 1.45 bits per heavy atom. The minimum absolute atomic E-state index is 0.0884. The van der Waals surface area contributed by atoms with Crippen LogP contribution in [0.2, 0.25) is 0 Å². The number of sulfonamides is 1. The van der Waals surface area contributed by atoms with Crippen molar-refractivity contribution in [3.63, 3.8) is 0 Å². The van der Waals surface area contributed by atoms with E-state index < -0.39 is 22.0 Å². The number of hydrogen-bond donors (Lipinski definition) is 0. The van der Waals surface area contributed by atoms with Crippen LogP contribution in [0.25, 0.3) is 0 Å². The Balaban J connectivity index is 1.41. The van der Waals surface area contributed by atoms with E-state index in [0.29, 0.717) is 34.4 Å². The molecule has 3 aromatic carbocycles. The number of quaternary nitrogens is 1.